The Bertz CT molecular complexity index is 3610. The lowest BCUT2D eigenvalue weighted by Crippen LogP contribution is -2.00. The molecule has 13 rings (SSSR count). The van der Waals surface area contributed by atoms with Crippen LogP contribution in [0.5, 0.6) is 0 Å². The minimum atomic E-state index is 1.02. The van der Waals surface area contributed by atoms with Gasteiger partial charge in [0.1, 0.15) is 0 Å². The summed E-state index contributed by atoms with van der Waals surface area (Å²) in [4.78, 5) is 5.44. The number of benzene rings is 9. The maximum absolute atomic E-state index is 5.44. The molecule has 0 spiro atoms. The molecule has 0 aliphatic heterocycles. The molecule has 9 aromatic carbocycles. The second kappa shape index (κ2) is 12.5. The lowest BCUT2D eigenvalue weighted by Gasteiger charge is -2.16. The molecule has 59 heavy (non-hydrogen) atoms. The molecule has 0 fully saturated rings. The lowest BCUT2D eigenvalue weighted by atomic mass is 9.98. The summed E-state index contributed by atoms with van der Waals surface area (Å²) in [6.45, 7) is 0. The van der Waals surface area contributed by atoms with E-state index < -0.39 is 0 Å². The Morgan fingerprint density at radius 2 is 0.814 bits per heavy atom. The van der Waals surface area contributed by atoms with E-state index in [0.29, 0.717) is 0 Å². The second-order valence-corrected chi connectivity index (χ2v) is 16.6. The van der Waals surface area contributed by atoms with Crippen molar-refractivity contribution in [1.29, 1.82) is 0 Å². The molecule has 0 bridgehead atoms. The zero-order valence-corrected chi connectivity index (χ0v) is 32.6. The molecular formula is C55H33N3S. The summed E-state index contributed by atoms with van der Waals surface area (Å²) < 4.78 is 7.37. The maximum atomic E-state index is 5.44. The normalized spacial score (nSPS) is 12.1. The number of hydrogen-bond donors (Lipinski definition) is 0. The monoisotopic (exact) mass is 767 g/mol. The number of rotatable bonds is 4. The Labute approximate surface area is 343 Å². The van der Waals surface area contributed by atoms with Gasteiger partial charge in [0.25, 0.3) is 0 Å². The van der Waals surface area contributed by atoms with Crippen LogP contribution < -0.4 is 0 Å². The second-order valence-electron chi connectivity index (χ2n) is 15.5. The van der Waals surface area contributed by atoms with Crippen LogP contribution in [0.1, 0.15) is 0 Å². The molecule has 0 radical (unpaired) electrons. The molecule has 13 aromatic rings. The van der Waals surface area contributed by atoms with Gasteiger partial charge < -0.3 is 9.13 Å². The zero-order valence-electron chi connectivity index (χ0n) is 31.8. The highest BCUT2D eigenvalue weighted by Gasteiger charge is 2.19. The Balaban J connectivity index is 1.04. The summed E-state index contributed by atoms with van der Waals surface area (Å²) in [5.74, 6) is 0. The first-order chi connectivity index (χ1) is 29.2. The Hall–Kier alpha value is -7.53. The van der Waals surface area contributed by atoms with Crippen LogP contribution in [0.15, 0.2) is 200 Å². The van der Waals surface area contributed by atoms with Crippen molar-refractivity contribution in [2.45, 2.75) is 0 Å². The third kappa shape index (κ3) is 4.84. The predicted molar refractivity (Wildman–Crippen MR) is 252 cm³/mol. The van der Waals surface area contributed by atoms with Gasteiger partial charge >= 0.3 is 0 Å². The summed E-state index contributed by atoms with van der Waals surface area (Å²) in [6, 6.07) is 73.2. The highest BCUT2D eigenvalue weighted by Crippen LogP contribution is 2.44. The van der Waals surface area contributed by atoms with Gasteiger partial charge in [-0.1, -0.05) is 140 Å². The third-order valence-corrected chi connectivity index (χ3v) is 13.4. The number of pyridine rings is 1. The molecule has 3 nitrogen and oxygen atoms in total. The van der Waals surface area contributed by atoms with Gasteiger partial charge in [-0.2, -0.15) is 0 Å². The lowest BCUT2D eigenvalue weighted by molar-refractivity contribution is 1.13. The molecule has 0 atom stereocenters. The summed E-state index contributed by atoms with van der Waals surface area (Å²) in [5.41, 5.74) is 12.5. The molecule has 4 heteroatoms. The van der Waals surface area contributed by atoms with E-state index >= 15 is 0 Å². The summed E-state index contributed by atoms with van der Waals surface area (Å²) in [7, 11) is 0. The fourth-order valence-electron chi connectivity index (χ4n) is 9.61. The molecule has 0 amide bonds. The summed E-state index contributed by atoms with van der Waals surface area (Å²) >= 11 is 1.84. The van der Waals surface area contributed by atoms with Crippen LogP contribution in [-0.2, 0) is 0 Å². The quantitative estimate of drug-likeness (QED) is 0.164. The molecule has 0 aliphatic carbocycles. The van der Waals surface area contributed by atoms with Crippen molar-refractivity contribution in [1.82, 2.24) is 14.1 Å². The smallest absolute Gasteiger partial charge is 0.0888 e. The zero-order chi connectivity index (χ0) is 38.6. The molecule has 0 saturated heterocycles. The van der Waals surface area contributed by atoms with E-state index in [0.717, 1.165) is 39.3 Å². The SMILES string of the molecule is c1ccc2cc3c(cc2c1)nc(-c1ccc(-c2cc(-n4c5ccccc5c5ccccc54)cc(-n4c5ccccc5c5ccccc54)c2)cc1)c1sc2ccccc2c13. The highest BCUT2D eigenvalue weighted by atomic mass is 32.1. The van der Waals surface area contributed by atoms with Gasteiger partial charge in [0, 0.05) is 59.3 Å². The van der Waals surface area contributed by atoms with E-state index in [1.54, 1.807) is 0 Å². The number of fused-ring (bicyclic) bond motifs is 12. The fourth-order valence-corrected chi connectivity index (χ4v) is 10.8. The van der Waals surface area contributed by atoms with Crippen molar-refractivity contribution in [2.75, 3.05) is 0 Å². The van der Waals surface area contributed by atoms with Gasteiger partial charge in [-0.05, 0) is 82.6 Å². The third-order valence-electron chi connectivity index (χ3n) is 12.2. The Morgan fingerprint density at radius 3 is 1.37 bits per heavy atom. The highest BCUT2D eigenvalue weighted by molar-refractivity contribution is 7.26. The molecule has 0 aliphatic rings. The van der Waals surface area contributed by atoms with E-state index in [-0.39, 0.29) is 0 Å². The minimum Gasteiger partial charge on any atom is -0.309 e. The van der Waals surface area contributed by atoms with Gasteiger partial charge in [-0.25, -0.2) is 4.98 Å². The minimum absolute atomic E-state index is 1.02. The van der Waals surface area contributed by atoms with E-state index in [4.69, 9.17) is 4.98 Å². The summed E-state index contributed by atoms with van der Waals surface area (Å²) in [5, 5.41) is 11.2. The van der Waals surface area contributed by atoms with Crippen LogP contribution in [0.4, 0.5) is 0 Å². The van der Waals surface area contributed by atoms with Crippen molar-refractivity contribution >= 4 is 96.8 Å². The van der Waals surface area contributed by atoms with Crippen LogP contribution in [0.3, 0.4) is 0 Å². The van der Waals surface area contributed by atoms with E-state index in [2.05, 4.69) is 209 Å². The van der Waals surface area contributed by atoms with Crippen molar-refractivity contribution in [2.24, 2.45) is 0 Å². The van der Waals surface area contributed by atoms with Crippen molar-refractivity contribution in [3.05, 3.63) is 200 Å². The van der Waals surface area contributed by atoms with Crippen LogP contribution in [0.25, 0.3) is 119 Å². The predicted octanol–water partition coefficient (Wildman–Crippen LogP) is 15.3. The molecular weight excluding hydrogens is 735 g/mol. The van der Waals surface area contributed by atoms with Crippen molar-refractivity contribution < 1.29 is 0 Å². The van der Waals surface area contributed by atoms with E-state index in [1.807, 2.05) is 11.3 Å². The van der Waals surface area contributed by atoms with Crippen LogP contribution in [-0.4, -0.2) is 14.1 Å². The van der Waals surface area contributed by atoms with E-state index in [9.17, 15) is 0 Å². The molecule has 0 saturated carbocycles. The number of hydrogen-bond acceptors (Lipinski definition) is 2. The maximum Gasteiger partial charge on any atom is 0.0888 e. The van der Waals surface area contributed by atoms with Crippen LogP contribution in [0.2, 0.25) is 0 Å². The topological polar surface area (TPSA) is 22.8 Å². The van der Waals surface area contributed by atoms with Gasteiger partial charge in [0.15, 0.2) is 0 Å². The first-order valence-corrected chi connectivity index (χ1v) is 20.9. The molecule has 0 N–H and O–H groups in total. The number of aromatic nitrogens is 3. The number of thiophene rings is 1. The van der Waals surface area contributed by atoms with Crippen molar-refractivity contribution in [3.63, 3.8) is 0 Å². The summed E-state index contributed by atoms with van der Waals surface area (Å²) in [6.07, 6.45) is 0. The molecule has 0 unspecified atom stereocenters. The average molecular weight is 768 g/mol. The van der Waals surface area contributed by atoms with Gasteiger partial charge in [0.05, 0.1) is 38.0 Å². The largest absolute Gasteiger partial charge is 0.309 e. The standard InChI is InChI=1S/C55H33N3S/c1-2-14-37-32-47-46(31-36(37)13-1)53-45-19-7-12-24-52(45)59-55(53)54(56-47)35-27-25-34(26-28-35)38-29-39(57-48-20-8-3-15-41(48)42-16-4-9-21-49(42)57)33-40(30-38)58-50-22-10-5-17-43(50)44-18-6-11-23-51(44)58/h1-33H. The Kier molecular flexibility index (Phi) is 6.89. The number of para-hydroxylation sites is 4. The van der Waals surface area contributed by atoms with Gasteiger partial charge in [0.2, 0.25) is 0 Å². The molecule has 4 heterocycles. The molecule has 274 valence electrons. The molecule has 4 aromatic heterocycles. The fraction of sp³-hybridized carbons (Fsp3) is 0. The van der Waals surface area contributed by atoms with Crippen LogP contribution >= 0.6 is 11.3 Å². The first kappa shape index (κ1) is 32.5. The van der Waals surface area contributed by atoms with Gasteiger partial charge in [-0.15, -0.1) is 11.3 Å². The van der Waals surface area contributed by atoms with Gasteiger partial charge in [-0.3, -0.25) is 0 Å². The Morgan fingerprint density at radius 1 is 0.356 bits per heavy atom. The number of nitrogens with zero attached hydrogens (tertiary/aromatic N) is 3. The first-order valence-electron chi connectivity index (χ1n) is 20.1. The van der Waals surface area contributed by atoms with Crippen molar-refractivity contribution in [3.8, 4) is 33.8 Å². The van der Waals surface area contributed by atoms with E-state index in [1.165, 1.54) is 79.9 Å². The van der Waals surface area contributed by atoms with Crippen LogP contribution in [0, 0.1) is 0 Å². The average Bonchev–Trinajstić information content (AvgIpc) is 3.97.